The minimum absolute atomic E-state index is 0.151. The number of hydrogen-bond acceptors (Lipinski definition) is 4. The normalized spacial score (nSPS) is 16.9. The van der Waals surface area contributed by atoms with Crippen molar-refractivity contribution in [3.05, 3.63) is 29.8 Å². The summed E-state index contributed by atoms with van der Waals surface area (Å²) in [4.78, 5) is 14.7. The standard InChI is InChI=1S/C19H26N4OS/c1-13-5-7-16(8-6-13)17-20-21-19(22(17)4)25-15(3)18(24)23-11-9-14(2)10-12-23/h5-8,14-15H,9-12H2,1-4H3. The van der Waals surface area contributed by atoms with Gasteiger partial charge in [0, 0.05) is 25.7 Å². The number of likely N-dealkylation sites (tertiary alicyclic amines) is 1. The fourth-order valence-electron chi connectivity index (χ4n) is 3.07. The Kier molecular flexibility index (Phi) is 5.47. The molecule has 1 amide bonds. The number of benzene rings is 1. The number of amides is 1. The number of carbonyl (C=O) groups is 1. The third-order valence-corrected chi connectivity index (χ3v) is 5.99. The number of hydrogen-bond donors (Lipinski definition) is 0. The van der Waals surface area contributed by atoms with E-state index in [9.17, 15) is 4.79 Å². The Labute approximate surface area is 153 Å². The van der Waals surface area contributed by atoms with Gasteiger partial charge in [-0.25, -0.2) is 0 Å². The van der Waals surface area contributed by atoms with Gasteiger partial charge >= 0.3 is 0 Å². The molecule has 0 radical (unpaired) electrons. The largest absolute Gasteiger partial charge is 0.342 e. The van der Waals surface area contributed by atoms with Gasteiger partial charge in [0.15, 0.2) is 11.0 Å². The van der Waals surface area contributed by atoms with E-state index in [4.69, 9.17) is 0 Å². The van der Waals surface area contributed by atoms with Crippen LogP contribution in [0.3, 0.4) is 0 Å². The van der Waals surface area contributed by atoms with Crippen LogP contribution in [0.2, 0.25) is 0 Å². The van der Waals surface area contributed by atoms with Crippen LogP contribution in [0.5, 0.6) is 0 Å². The van der Waals surface area contributed by atoms with Crippen molar-refractivity contribution in [1.82, 2.24) is 19.7 Å². The first-order valence-electron chi connectivity index (χ1n) is 8.87. The third-order valence-electron chi connectivity index (χ3n) is 4.87. The van der Waals surface area contributed by atoms with Gasteiger partial charge in [-0.05, 0) is 32.6 Å². The summed E-state index contributed by atoms with van der Waals surface area (Å²) in [5, 5.41) is 9.25. The molecule has 1 atom stereocenters. The molecule has 134 valence electrons. The first-order valence-corrected chi connectivity index (χ1v) is 9.75. The van der Waals surface area contributed by atoms with Crippen molar-refractivity contribution in [1.29, 1.82) is 0 Å². The number of thioether (sulfide) groups is 1. The van der Waals surface area contributed by atoms with Crippen molar-refractivity contribution in [3.63, 3.8) is 0 Å². The van der Waals surface area contributed by atoms with Gasteiger partial charge in [-0.15, -0.1) is 10.2 Å². The molecule has 2 heterocycles. The molecule has 1 saturated heterocycles. The van der Waals surface area contributed by atoms with E-state index >= 15 is 0 Å². The average Bonchev–Trinajstić information content (AvgIpc) is 2.96. The lowest BCUT2D eigenvalue weighted by Gasteiger charge is -2.31. The zero-order chi connectivity index (χ0) is 18.0. The lowest BCUT2D eigenvalue weighted by molar-refractivity contribution is -0.131. The Balaban J connectivity index is 1.68. The smallest absolute Gasteiger partial charge is 0.235 e. The van der Waals surface area contributed by atoms with Crippen molar-refractivity contribution in [2.75, 3.05) is 13.1 Å². The molecule has 1 aromatic heterocycles. The lowest BCUT2D eigenvalue weighted by Crippen LogP contribution is -2.41. The Bertz CT molecular complexity index is 732. The van der Waals surface area contributed by atoms with Crippen molar-refractivity contribution in [3.8, 4) is 11.4 Å². The second kappa shape index (κ2) is 7.60. The zero-order valence-electron chi connectivity index (χ0n) is 15.4. The van der Waals surface area contributed by atoms with E-state index in [-0.39, 0.29) is 11.2 Å². The van der Waals surface area contributed by atoms with E-state index in [1.165, 1.54) is 17.3 Å². The van der Waals surface area contributed by atoms with E-state index in [2.05, 4.69) is 48.3 Å². The highest BCUT2D eigenvalue weighted by atomic mass is 32.2. The topological polar surface area (TPSA) is 51.0 Å². The van der Waals surface area contributed by atoms with E-state index in [1.54, 1.807) is 0 Å². The number of rotatable bonds is 4. The van der Waals surface area contributed by atoms with Crippen LogP contribution in [0.1, 0.15) is 32.3 Å². The quantitative estimate of drug-likeness (QED) is 0.785. The predicted octanol–water partition coefficient (Wildman–Crippen LogP) is 3.53. The van der Waals surface area contributed by atoms with Crippen LogP contribution in [0.4, 0.5) is 0 Å². The SMILES string of the molecule is Cc1ccc(-c2nnc(SC(C)C(=O)N3CCC(C)CC3)n2C)cc1. The highest BCUT2D eigenvalue weighted by Gasteiger charge is 2.26. The number of aryl methyl sites for hydroxylation is 1. The van der Waals surface area contributed by atoms with Crippen LogP contribution in [-0.2, 0) is 11.8 Å². The van der Waals surface area contributed by atoms with Gasteiger partial charge in [0.25, 0.3) is 0 Å². The van der Waals surface area contributed by atoms with E-state index in [0.29, 0.717) is 0 Å². The Morgan fingerprint density at radius 1 is 1.20 bits per heavy atom. The van der Waals surface area contributed by atoms with Crippen molar-refractivity contribution in [2.45, 2.75) is 44.0 Å². The fourth-order valence-corrected chi connectivity index (χ4v) is 3.96. The summed E-state index contributed by atoms with van der Waals surface area (Å²) in [6.07, 6.45) is 2.20. The third kappa shape index (κ3) is 4.06. The van der Waals surface area contributed by atoms with Gasteiger partial charge in [-0.2, -0.15) is 0 Å². The summed E-state index contributed by atoms with van der Waals surface area (Å²) in [5.41, 5.74) is 2.26. The van der Waals surface area contributed by atoms with Gasteiger partial charge in [0.2, 0.25) is 5.91 Å². The first kappa shape index (κ1) is 18.0. The summed E-state index contributed by atoms with van der Waals surface area (Å²) < 4.78 is 1.97. The van der Waals surface area contributed by atoms with Gasteiger partial charge in [-0.1, -0.05) is 48.5 Å². The van der Waals surface area contributed by atoms with Crippen LogP contribution in [0.15, 0.2) is 29.4 Å². The molecule has 6 heteroatoms. The van der Waals surface area contributed by atoms with E-state index in [1.807, 2.05) is 23.4 Å². The molecule has 0 saturated carbocycles. The maximum absolute atomic E-state index is 12.7. The Morgan fingerprint density at radius 3 is 2.48 bits per heavy atom. The molecule has 1 aliphatic rings. The molecule has 1 unspecified atom stereocenters. The van der Waals surface area contributed by atoms with E-state index < -0.39 is 0 Å². The molecule has 0 bridgehead atoms. The molecular weight excluding hydrogens is 332 g/mol. The van der Waals surface area contributed by atoms with Crippen LogP contribution in [0.25, 0.3) is 11.4 Å². The molecule has 5 nitrogen and oxygen atoms in total. The van der Waals surface area contributed by atoms with Crippen LogP contribution in [0, 0.1) is 12.8 Å². The molecule has 2 aromatic rings. The number of aromatic nitrogens is 3. The molecule has 1 fully saturated rings. The summed E-state index contributed by atoms with van der Waals surface area (Å²) in [7, 11) is 1.96. The minimum Gasteiger partial charge on any atom is -0.342 e. The van der Waals surface area contributed by atoms with Gasteiger partial charge in [0.1, 0.15) is 0 Å². The summed E-state index contributed by atoms with van der Waals surface area (Å²) in [6.45, 7) is 8.03. The minimum atomic E-state index is -0.151. The van der Waals surface area contributed by atoms with Crippen molar-refractivity contribution >= 4 is 17.7 Å². The summed E-state index contributed by atoms with van der Waals surface area (Å²) >= 11 is 1.49. The molecule has 3 rings (SSSR count). The highest BCUT2D eigenvalue weighted by molar-refractivity contribution is 8.00. The second-order valence-electron chi connectivity index (χ2n) is 7.00. The molecule has 1 aliphatic heterocycles. The van der Waals surface area contributed by atoms with E-state index in [0.717, 1.165) is 48.4 Å². The number of nitrogens with zero attached hydrogens (tertiary/aromatic N) is 4. The zero-order valence-corrected chi connectivity index (χ0v) is 16.2. The average molecular weight is 359 g/mol. The number of carbonyl (C=O) groups excluding carboxylic acids is 1. The Morgan fingerprint density at radius 2 is 1.84 bits per heavy atom. The molecule has 0 aliphatic carbocycles. The first-order chi connectivity index (χ1) is 12.0. The predicted molar refractivity (Wildman–Crippen MR) is 101 cm³/mol. The molecule has 0 N–H and O–H groups in total. The fraction of sp³-hybridized carbons (Fsp3) is 0.526. The van der Waals surface area contributed by atoms with Gasteiger partial charge in [0.05, 0.1) is 5.25 Å². The molecular formula is C19H26N4OS. The van der Waals surface area contributed by atoms with Gasteiger partial charge in [-0.3, -0.25) is 4.79 Å². The Hall–Kier alpha value is -1.82. The van der Waals surface area contributed by atoms with Crippen LogP contribution >= 0.6 is 11.8 Å². The monoisotopic (exact) mass is 358 g/mol. The molecule has 1 aromatic carbocycles. The van der Waals surface area contributed by atoms with Crippen molar-refractivity contribution in [2.24, 2.45) is 13.0 Å². The lowest BCUT2D eigenvalue weighted by atomic mass is 9.99. The van der Waals surface area contributed by atoms with Gasteiger partial charge < -0.3 is 9.47 Å². The highest BCUT2D eigenvalue weighted by Crippen LogP contribution is 2.27. The second-order valence-corrected chi connectivity index (χ2v) is 8.31. The van der Waals surface area contributed by atoms with Crippen LogP contribution < -0.4 is 0 Å². The number of piperidine rings is 1. The van der Waals surface area contributed by atoms with Crippen molar-refractivity contribution < 1.29 is 4.79 Å². The maximum Gasteiger partial charge on any atom is 0.235 e. The summed E-state index contributed by atoms with van der Waals surface area (Å²) in [5.74, 6) is 1.76. The summed E-state index contributed by atoms with van der Waals surface area (Å²) in [6, 6.07) is 8.25. The molecule has 0 spiro atoms. The maximum atomic E-state index is 12.7. The molecule has 25 heavy (non-hydrogen) atoms. The van der Waals surface area contributed by atoms with Crippen LogP contribution in [-0.4, -0.2) is 43.9 Å².